The van der Waals surface area contributed by atoms with Crippen molar-refractivity contribution in [3.63, 3.8) is 0 Å². The van der Waals surface area contributed by atoms with Gasteiger partial charge in [-0.3, -0.25) is 10.4 Å². The van der Waals surface area contributed by atoms with Crippen molar-refractivity contribution in [2.45, 2.75) is 6.92 Å². The molecule has 4 rings (SSSR count). The monoisotopic (exact) mass is 330 g/mol. The van der Waals surface area contributed by atoms with Crippen LogP contribution < -0.4 is 5.43 Å². The summed E-state index contributed by atoms with van der Waals surface area (Å²) in [6, 6.07) is 16.0. The van der Waals surface area contributed by atoms with Gasteiger partial charge in [-0.1, -0.05) is 11.6 Å². The van der Waals surface area contributed by atoms with Crippen molar-refractivity contribution < 1.29 is 4.39 Å². The molecule has 0 amide bonds. The van der Waals surface area contributed by atoms with E-state index in [4.69, 9.17) is 4.99 Å². The van der Waals surface area contributed by atoms with Crippen LogP contribution in [0.25, 0.3) is 0 Å². The molecule has 0 atom stereocenters. The first-order valence-electron chi connectivity index (χ1n) is 7.90. The van der Waals surface area contributed by atoms with Crippen LogP contribution in [0.4, 0.5) is 10.1 Å². The Morgan fingerprint density at radius 2 is 1.80 bits per heavy atom. The number of hydrogen-bond acceptors (Lipinski definition) is 4. The van der Waals surface area contributed by atoms with E-state index < -0.39 is 0 Å². The molecule has 1 aliphatic rings. The molecular weight excluding hydrogens is 315 g/mol. The van der Waals surface area contributed by atoms with Crippen molar-refractivity contribution in [2.24, 2.45) is 10.1 Å². The number of aromatic nitrogens is 1. The highest BCUT2D eigenvalue weighted by molar-refractivity contribution is 6.17. The summed E-state index contributed by atoms with van der Waals surface area (Å²) >= 11 is 0. The predicted octanol–water partition coefficient (Wildman–Crippen LogP) is 3.96. The molecule has 25 heavy (non-hydrogen) atoms. The number of amidine groups is 1. The molecule has 0 unspecified atom stereocenters. The molecule has 5 heteroatoms. The Balaban J connectivity index is 1.87. The molecular formula is C20H15FN4. The van der Waals surface area contributed by atoms with Gasteiger partial charge >= 0.3 is 0 Å². The van der Waals surface area contributed by atoms with Gasteiger partial charge in [-0.15, -0.1) is 0 Å². The molecule has 0 bridgehead atoms. The molecule has 0 saturated heterocycles. The molecule has 2 aromatic carbocycles. The molecule has 1 aromatic heterocycles. The predicted molar refractivity (Wildman–Crippen MR) is 96.8 cm³/mol. The van der Waals surface area contributed by atoms with E-state index in [9.17, 15) is 4.39 Å². The molecule has 1 aliphatic heterocycles. The molecule has 0 spiro atoms. The van der Waals surface area contributed by atoms with Crippen LogP contribution in [0.5, 0.6) is 0 Å². The van der Waals surface area contributed by atoms with Crippen molar-refractivity contribution >= 4 is 17.2 Å². The van der Waals surface area contributed by atoms with Crippen LogP contribution in [0.1, 0.15) is 22.3 Å². The van der Waals surface area contributed by atoms with Crippen molar-refractivity contribution in [3.8, 4) is 0 Å². The Bertz CT molecular complexity index is 976. The van der Waals surface area contributed by atoms with Crippen LogP contribution in [0.2, 0.25) is 0 Å². The average Bonchev–Trinajstić information content (AvgIpc) is 2.82. The summed E-state index contributed by atoms with van der Waals surface area (Å²) in [4.78, 5) is 8.89. The molecule has 3 aromatic rings. The fourth-order valence-electron chi connectivity index (χ4n) is 2.71. The van der Waals surface area contributed by atoms with Crippen LogP contribution in [-0.4, -0.2) is 16.5 Å². The molecule has 0 radical (unpaired) electrons. The SMILES string of the molecule is Cc1ccc2c(c1)C(c1cccnc1)=NNC(c1ccc(F)cc1)=N2. The highest BCUT2D eigenvalue weighted by Gasteiger charge is 2.17. The summed E-state index contributed by atoms with van der Waals surface area (Å²) < 4.78 is 13.2. The molecule has 122 valence electrons. The standard InChI is InChI=1S/C20H15FN4/c1-13-4-9-18-17(11-13)19(15-3-2-10-22-12-15)24-25-20(23-18)14-5-7-16(21)8-6-14/h2-12H,1H3,(H,23,25). The highest BCUT2D eigenvalue weighted by Crippen LogP contribution is 2.26. The fraction of sp³-hybridized carbons (Fsp3) is 0.0500. The molecule has 4 nitrogen and oxygen atoms in total. The van der Waals surface area contributed by atoms with Gasteiger partial charge in [-0.05, 0) is 55.5 Å². The normalized spacial score (nSPS) is 13.2. The van der Waals surface area contributed by atoms with Crippen LogP contribution in [0.3, 0.4) is 0 Å². The number of nitrogens with zero attached hydrogens (tertiary/aromatic N) is 3. The van der Waals surface area contributed by atoms with Gasteiger partial charge in [0.15, 0.2) is 5.84 Å². The second-order valence-corrected chi connectivity index (χ2v) is 5.80. The van der Waals surface area contributed by atoms with Crippen molar-refractivity contribution in [2.75, 3.05) is 0 Å². The number of rotatable bonds is 2. The molecule has 0 aliphatic carbocycles. The van der Waals surface area contributed by atoms with E-state index in [0.717, 1.165) is 33.7 Å². The summed E-state index contributed by atoms with van der Waals surface area (Å²) in [5, 5.41) is 4.56. The number of hydrazone groups is 1. The zero-order chi connectivity index (χ0) is 17.2. The summed E-state index contributed by atoms with van der Waals surface area (Å²) in [5.74, 6) is 0.289. The summed E-state index contributed by atoms with van der Waals surface area (Å²) in [6.07, 6.45) is 3.50. The minimum absolute atomic E-state index is 0.284. The quantitative estimate of drug-likeness (QED) is 0.773. The number of benzene rings is 2. The second kappa shape index (κ2) is 6.28. The maximum Gasteiger partial charge on any atom is 0.154 e. The van der Waals surface area contributed by atoms with E-state index >= 15 is 0 Å². The summed E-state index contributed by atoms with van der Waals surface area (Å²) in [7, 11) is 0. The number of aryl methyl sites for hydroxylation is 1. The maximum atomic E-state index is 13.2. The Kier molecular flexibility index (Phi) is 3.82. The van der Waals surface area contributed by atoms with Gasteiger partial charge < -0.3 is 0 Å². The minimum Gasteiger partial charge on any atom is -0.264 e. The number of nitrogens with one attached hydrogen (secondary N) is 1. The Labute approximate surface area is 144 Å². The number of pyridine rings is 1. The third kappa shape index (κ3) is 3.04. The molecule has 1 N–H and O–H groups in total. The van der Waals surface area contributed by atoms with Crippen LogP contribution in [0, 0.1) is 12.7 Å². The Morgan fingerprint density at radius 1 is 0.960 bits per heavy atom. The van der Waals surface area contributed by atoms with Gasteiger partial charge in [0.1, 0.15) is 11.5 Å². The lowest BCUT2D eigenvalue weighted by Crippen LogP contribution is -2.19. The maximum absolute atomic E-state index is 13.2. The lowest BCUT2D eigenvalue weighted by atomic mass is 10.0. The lowest BCUT2D eigenvalue weighted by molar-refractivity contribution is 0.627. The smallest absolute Gasteiger partial charge is 0.154 e. The number of hydrogen-bond donors (Lipinski definition) is 1. The first-order valence-corrected chi connectivity index (χ1v) is 7.90. The Hall–Kier alpha value is -3.34. The highest BCUT2D eigenvalue weighted by atomic mass is 19.1. The fourth-order valence-corrected chi connectivity index (χ4v) is 2.71. The average molecular weight is 330 g/mol. The van der Waals surface area contributed by atoms with E-state index in [1.54, 1.807) is 24.5 Å². The number of halogens is 1. The van der Waals surface area contributed by atoms with Crippen molar-refractivity contribution in [1.29, 1.82) is 0 Å². The van der Waals surface area contributed by atoms with Gasteiger partial charge in [0.2, 0.25) is 0 Å². The molecule has 2 heterocycles. The topological polar surface area (TPSA) is 49.6 Å². The third-order valence-electron chi connectivity index (χ3n) is 3.97. The van der Waals surface area contributed by atoms with E-state index in [1.165, 1.54) is 12.1 Å². The lowest BCUT2D eigenvalue weighted by Gasteiger charge is -2.08. The summed E-state index contributed by atoms with van der Waals surface area (Å²) in [6.45, 7) is 2.03. The van der Waals surface area contributed by atoms with Crippen LogP contribution >= 0.6 is 0 Å². The number of aliphatic imine (C=N–C) groups is 1. The molecule has 0 fully saturated rings. The van der Waals surface area contributed by atoms with Gasteiger partial charge in [-0.2, -0.15) is 5.10 Å². The minimum atomic E-state index is -0.284. The third-order valence-corrected chi connectivity index (χ3v) is 3.97. The van der Waals surface area contributed by atoms with Crippen LogP contribution in [0.15, 0.2) is 77.1 Å². The van der Waals surface area contributed by atoms with Gasteiger partial charge in [0, 0.05) is 29.1 Å². The van der Waals surface area contributed by atoms with Gasteiger partial charge in [-0.25, -0.2) is 9.38 Å². The second-order valence-electron chi connectivity index (χ2n) is 5.80. The van der Waals surface area contributed by atoms with E-state index in [0.29, 0.717) is 5.84 Å². The first-order chi connectivity index (χ1) is 12.2. The van der Waals surface area contributed by atoms with Gasteiger partial charge in [0.25, 0.3) is 0 Å². The van der Waals surface area contributed by atoms with E-state index in [-0.39, 0.29) is 5.82 Å². The zero-order valence-electron chi connectivity index (χ0n) is 13.6. The summed E-state index contributed by atoms with van der Waals surface area (Å²) in [5.41, 5.74) is 8.31. The van der Waals surface area contributed by atoms with Crippen molar-refractivity contribution in [3.05, 3.63) is 95.1 Å². The number of fused-ring (bicyclic) bond motifs is 1. The largest absolute Gasteiger partial charge is 0.264 e. The molecule has 0 saturated carbocycles. The zero-order valence-corrected chi connectivity index (χ0v) is 13.6. The first kappa shape index (κ1) is 15.2. The Morgan fingerprint density at radius 3 is 2.56 bits per heavy atom. The van der Waals surface area contributed by atoms with Crippen molar-refractivity contribution in [1.82, 2.24) is 10.4 Å². The van der Waals surface area contributed by atoms with E-state index in [1.807, 2.05) is 31.2 Å². The van der Waals surface area contributed by atoms with Gasteiger partial charge in [0.05, 0.1) is 5.69 Å². The van der Waals surface area contributed by atoms with Crippen LogP contribution in [-0.2, 0) is 0 Å². The van der Waals surface area contributed by atoms with E-state index in [2.05, 4.69) is 21.6 Å².